The molecule has 1 atom stereocenters. The topological polar surface area (TPSA) is 78.9 Å². The molecule has 376 valence electrons. The van der Waals surface area contributed by atoms with E-state index in [1.54, 1.807) is 0 Å². The summed E-state index contributed by atoms with van der Waals surface area (Å²) < 4.78 is 16.8. The monoisotopic (exact) mass is 909 g/mol. The lowest BCUT2D eigenvalue weighted by Crippen LogP contribution is -2.30. The first-order valence-electron chi connectivity index (χ1n) is 27.8. The molecule has 0 fully saturated rings. The van der Waals surface area contributed by atoms with Gasteiger partial charge in [0.05, 0.1) is 0 Å². The molecule has 0 saturated heterocycles. The Morgan fingerprint density at radius 2 is 0.554 bits per heavy atom. The summed E-state index contributed by atoms with van der Waals surface area (Å²) in [6.07, 6.45) is 66.3. The second-order valence-electron chi connectivity index (χ2n) is 18.5. The molecule has 0 aliphatic carbocycles. The van der Waals surface area contributed by atoms with Crippen molar-refractivity contribution in [3.63, 3.8) is 0 Å². The molecule has 65 heavy (non-hydrogen) atoms. The van der Waals surface area contributed by atoms with Gasteiger partial charge in [0.2, 0.25) is 0 Å². The van der Waals surface area contributed by atoms with E-state index in [2.05, 4.69) is 81.5 Å². The molecule has 0 N–H and O–H groups in total. The van der Waals surface area contributed by atoms with Crippen LogP contribution in [0, 0.1) is 0 Å². The highest BCUT2D eigenvalue weighted by molar-refractivity contribution is 5.71. The van der Waals surface area contributed by atoms with Crippen molar-refractivity contribution in [2.24, 2.45) is 0 Å². The number of carbonyl (C=O) groups excluding carboxylic acids is 3. The number of allylic oxidation sites excluding steroid dienone is 10. The number of unbranched alkanes of at least 4 members (excludes halogenated alkanes) is 29. The van der Waals surface area contributed by atoms with Crippen LogP contribution >= 0.6 is 0 Å². The van der Waals surface area contributed by atoms with Crippen LogP contribution in [-0.2, 0) is 28.6 Å². The second-order valence-corrected chi connectivity index (χ2v) is 18.5. The van der Waals surface area contributed by atoms with Gasteiger partial charge in [0.1, 0.15) is 13.2 Å². The van der Waals surface area contributed by atoms with E-state index in [4.69, 9.17) is 14.2 Å². The molecule has 0 aromatic carbocycles. The fourth-order valence-corrected chi connectivity index (χ4v) is 7.77. The van der Waals surface area contributed by atoms with E-state index in [9.17, 15) is 14.4 Å². The van der Waals surface area contributed by atoms with Crippen LogP contribution in [-0.4, -0.2) is 37.2 Å². The van der Waals surface area contributed by atoms with Gasteiger partial charge in [-0.15, -0.1) is 0 Å². The van der Waals surface area contributed by atoms with E-state index in [0.29, 0.717) is 19.3 Å². The van der Waals surface area contributed by atoms with Gasteiger partial charge in [-0.2, -0.15) is 0 Å². The van der Waals surface area contributed by atoms with E-state index in [1.165, 1.54) is 154 Å². The predicted octanol–water partition coefficient (Wildman–Crippen LogP) is 18.4. The fourth-order valence-electron chi connectivity index (χ4n) is 7.77. The van der Waals surface area contributed by atoms with Gasteiger partial charge in [-0.05, 0) is 89.9 Å². The largest absolute Gasteiger partial charge is 0.462 e. The second kappa shape index (κ2) is 53.7. The Labute approximate surface area is 402 Å². The minimum absolute atomic E-state index is 0.0785. The van der Waals surface area contributed by atoms with Gasteiger partial charge in [0.25, 0.3) is 0 Å². The van der Waals surface area contributed by atoms with Crippen molar-refractivity contribution >= 4 is 17.9 Å². The Morgan fingerprint density at radius 3 is 0.892 bits per heavy atom. The summed E-state index contributed by atoms with van der Waals surface area (Å²) in [7, 11) is 0. The van der Waals surface area contributed by atoms with Crippen LogP contribution in [0.2, 0.25) is 0 Å². The molecule has 0 heterocycles. The lowest BCUT2D eigenvalue weighted by molar-refractivity contribution is -0.167. The Hall–Kier alpha value is -2.89. The predicted molar refractivity (Wildman–Crippen MR) is 279 cm³/mol. The normalized spacial score (nSPS) is 12.5. The van der Waals surface area contributed by atoms with Gasteiger partial charge in [-0.1, -0.05) is 229 Å². The van der Waals surface area contributed by atoms with Crippen molar-refractivity contribution in [2.75, 3.05) is 13.2 Å². The molecular weight excluding hydrogens is 805 g/mol. The summed E-state index contributed by atoms with van der Waals surface area (Å²) in [6.45, 7) is 6.57. The van der Waals surface area contributed by atoms with Gasteiger partial charge in [-0.25, -0.2) is 0 Å². The summed E-state index contributed by atoms with van der Waals surface area (Å²) in [4.78, 5) is 38.0. The minimum Gasteiger partial charge on any atom is -0.462 e. The molecule has 0 radical (unpaired) electrons. The number of esters is 3. The van der Waals surface area contributed by atoms with Crippen molar-refractivity contribution in [2.45, 2.75) is 284 Å². The van der Waals surface area contributed by atoms with Crippen molar-refractivity contribution in [3.05, 3.63) is 60.8 Å². The number of rotatable bonds is 50. The molecule has 0 aliphatic rings. The molecule has 0 aliphatic heterocycles. The van der Waals surface area contributed by atoms with E-state index >= 15 is 0 Å². The van der Waals surface area contributed by atoms with Crippen LogP contribution in [0.25, 0.3) is 0 Å². The summed E-state index contributed by atoms with van der Waals surface area (Å²) in [5, 5.41) is 0. The van der Waals surface area contributed by atoms with Crippen molar-refractivity contribution in [1.82, 2.24) is 0 Å². The van der Waals surface area contributed by atoms with Crippen molar-refractivity contribution < 1.29 is 28.6 Å². The molecule has 0 unspecified atom stereocenters. The van der Waals surface area contributed by atoms with Crippen molar-refractivity contribution in [1.29, 1.82) is 0 Å². The average Bonchev–Trinajstić information content (AvgIpc) is 3.30. The third-order valence-electron chi connectivity index (χ3n) is 12.0. The Morgan fingerprint density at radius 1 is 0.308 bits per heavy atom. The maximum Gasteiger partial charge on any atom is 0.306 e. The van der Waals surface area contributed by atoms with E-state index in [-0.39, 0.29) is 31.1 Å². The quantitative estimate of drug-likeness (QED) is 0.0262. The van der Waals surface area contributed by atoms with Crippen LogP contribution in [0.3, 0.4) is 0 Å². The molecule has 0 spiro atoms. The van der Waals surface area contributed by atoms with Crippen LogP contribution in [0.15, 0.2) is 60.8 Å². The van der Waals surface area contributed by atoms with Crippen LogP contribution in [0.1, 0.15) is 278 Å². The molecule has 0 amide bonds. The maximum atomic E-state index is 12.8. The zero-order chi connectivity index (χ0) is 47.2. The van der Waals surface area contributed by atoms with E-state index in [0.717, 1.165) is 83.5 Å². The lowest BCUT2D eigenvalue weighted by atomic mass is 10.1. The molecule has 0 aromatic rings. The van der Waals surface area contributed by atoms with Gasteiger partial charge in [-0.3, -0.25) is 14.4 Å². The molecule has 0 bridgehead atoms. The highest BCUT2D eigenvalue weighted by Gasteiger charge is 2.19. The highest BCUT2D eigenvalue weighted by atomic mass is 16.6. The number of hydrogen-bond donors (Lipinski definition) is 0. The first-order valence-corrected chi connectivity index (χ1v) is 27.8. The van der Waals surface area contributed by atoms with Crippen LogP contribution in [0.4, 0.5) is 0 Å². The number of carbonyl (C=O) groups is 3. The minimum atomic E-state index is -0.779. The van der Waals surface area contributed by atoms with Gasteiger partial charge >= 0.3 is 17.9 Å². The van der Waals surface area contributed by atoms with Gasteiger partial charge < -0.3 is 14.2 Å². The van der Waals surface area contributed by atoms with Crippen molar-refractivity contribution in [3.8, 4) is 0 Å². The average molecular weight is 909 g/mol. The zero-order valence-corrected chi connectivity index (χ0v) is 43.0. The molecule has 6 heteroatoms. The molecular formula is C59H104O6. The SMILES string of the molecule is CCCCC/C=C\C/C=C\C/C=C\CCCCCCCCC(=O)OC[C@@H](COC(=O)CCCCCCCCCCC)OC(=O)CCCCCCCCCCC/C=C\C/C=C\CCCCC. The summed E-state index contributed by atoms with van der Waals surface area (Å²) in [5.41, 5.74) is 0. The summed E-state index contributed by atoms with van der Waals surface area (Å²) in [6, 6.07) is 0. The molecule has 0 saturated carbocycles. The standard InChI is InChI=1S/C59H104O6/c1-4-7-10-13-16-19-21-23-25-27-29-31-33-35-37-40-43-46-49-52-58(61)64-55-56(54-63-57(60)51-48-45-42-39-18-15-12-9-6-3)65-59(62)53-50-47-44-41-38-36-34-32-30-28-26-24-22-20-17-14-11-8-5-2/h16-17,19-20,23-26,29,31,56H,4-15,18,21-22,27-28,30,32-55H2,1-3H3/b19-16-,20-17-,25-23-,26-24-,31-29-/t56-/m1/s1. The summed E-state index contributed by atoms with van der Waals surface area (Å²) in [5.74, 6) is -0.891. The molecule has 0 rings (SSSR count). The Balaban J connectivity index is 4.32. The first kappa shape index (κ1) is 62.1. The Bertz CT molecular complexity index is 1180. The maximum absolute atomic E-state index is 12.8. The van der Waals surface area contributed by atoms with Crippen LogP contribution in [0.5, 0.6) is 0 Å². The zero-order valence-electron chi connectivity index (χ0n) is 43.0. The Kier molecular flexibility index (Phi) is 51.3. The molecule has 0 aromatic heterocycles. The lowest BCUT2D eigenvalue weighted by Gasteiger charge is -2.18. The van der Waals surface area contributed by atoms with E-state index in [1.807, 2.05) is 0 Å². The van der Waals surface area contributed by atoms with Gasteiger partial charge in [0.15, 0.2) is 6.10 Å². The summed E-state index contributed by atoms with van der Waals surface area (Å²) >= 11 is 0. The third-order valence-corrected chi connectivity index (χ3v) is 12.0. The van der Waals surface area contributed by atoms with E-state index < -0.39 is 6.10 Å². The highest BCUT2D eigenvalue weighted by Crippen LogP contribution is 2.15. The number of ether oxygens (including phenoxy) is 3. The third kappa shape index (κ3) is 51.9. The smallest absolute Gasteiger partial charge is 0.306 e. The fraction of sp³-hybridized carbons (Fsp3) is 0.780. The van der Waals surface area contributed by atoms with Gasteiger partial charge in [0, 0.05) is 19.3 Å². The van der Waals surface area contributed by atoms with Crippen LogP contribution < -0.4 is 0 Å². The number of hydrogen-bond acceptors (Lipinski definition) is 6. The first-order chi connectivity index (χ1) is 32.0. The molecule has 6 nitrogen and oxygen atoms in total.